The lowest BCUT2D eigenvalue weighted by atomic mass is 10.0. The highest BCUT2D eigenvalue weighted by Crippen LogP contribution is 2.27. The highest BCUT2D eigenvalue weighted by atomic mass is 19.1. The quantitative estimate of drug-likeness (QED) is 0.525. The molecule has 0 fully saturated rings. The fourth-order valence-electron chi connectivity index (χ4n) is 2.93. The maximum absolute atomic E-state index is 14.3. The smallest absolute Gasteiger partial charge is 0.219 e. The van der Waals surface area contributed by atoms with Crippen LogP contribution in [-0.2, 0) is 4.79 Å². The molecule has 9 heteroatoms. The summed E-state index contributed by atoms with van der Waals surface area (Å²) in [6, 6.07) is 1.95. The summed E-state index contributed by atoms with van der Waals surface area (Å²) >= 11 is 0. The molecule has 1 heterocycles. The molecule has 1 amide bonds. The van der Waals surface area contributed by atoms with Crippen molar-refractivity contribution in [2.24, 2.45) is 21.5 Å². The van der Waals surface area contributed by atoms with E-state index in [2.05, 4.69) is 15.3 Å². The molecule has 0 atom stereocenters. The number of nitrogens with one attached hydrogen (secondary N) is 1. The molecule has 7 nitrogen and oxygen atoms in total. The van der Waals surface area contributed by atoms with Crippen LogP contribution in [0.1, 0.15) is 18.9 Å². The van der Waals surface area contributed by atoms with E-state index in [1.54, 1.807) is 11.9 Å². The molecule has 1 aliphatic rings. The minimum Gasteiger partial charge on any atom is -0.404 e. The molecule has 2 rings (SSSR count). The second-order valence-electron chi connectivity index (χ2n) is 6.19. The number of nitrogens with two attached hydrogens (primary N) is 2. The number of amides is 1. The van der Waals surface area contributed by atoms with E-state index in [9.17, 15) is 13.6 Å². The zero-order valence-electron chi connectivity index (χ0n) is 16.1. The fourth-order valence-corrected chi connectivity index (χ4v) is 2.93. The van der Waals surface area contributed by atoms with Crippen molar-refractivity contribution in [1.29, 1.82) is 0 Å². The van der Waals surface area contributed by atoms with Crippen molar-refractivity contribution < 1.29 is 13.6 Å². The van der Waals surface area contributed by atoms with E-state index in [1.807, 2.05) is 0 Å². The number of amidine groups is 1. The highest BCUT2D eigenvalue weighted by molar-refractivity contribution is 6.10. The van der Waals surface area contributed by atoms with Gasteiger partial charge in [-0.15, -0.1) is 0 Å². The summed E-state index contributed by atoms with van der Waals surface area (Å²) < 4.78 is 28.5. The van der Waals surface area contributed by atoms with Gasteiger partial charge in [0, 0.05) is 74.9 Å². The van der Waals surface area contributed by atoms with Crippen LogP contribution in [0, 0.1) is 11.6 Å². The molecule has 0 spiro atoms. The summed E-state index contributed by atoms with van der Waals surface area (Å²) in [5.74, 6) is -1.69. The van der Waals surface area contributed by atoms with E-state index < -0.39 is 11.6 Å². The van der Waals surface area contributed by atoms with Crippen LogP contribution in [0.3, 0.4) is 0 Å². The molecule has 5 N–H and O–H groups in total. The second-order valence-corrected chi connectivity index (χ2v) is 6.19. The Bertz CT molecular complexity index is 889. The zero-order chi connectivity index (χ0) is 20.8. The zero-order valence-corrected chi connectivity index (χ0v) is 16.1. The number of carbonyl (C=O) groups is 1. The third-order valence-corrected chi connectivity index (χ3v) is 4.44. The van der Waals surface area contributed by atoms with Crippen molar-refractivity contribution in [3.63, 3.8) is 0 Å². The lowest BCUT2D eigenvalue weighted by Gasteiger charge is -2.29. The van der Waals surface area contributed by atoms with Gasteiger partial charge in [0.05, 0.1) is 6.54 Å². The Hall–Kier alpha value is -3.23. The van der Waals surface area contributed by atoms with Gasteiger partial charge in [0.2, 0.25) is 5.91 Å². The van der Waals surface area contributed by atoms with Gasteiger partial charge >= 0.3 is 0 Å². The Morgan fingerprint density at radius 1 is 1.32 bits per heavy atom. The van der Waals surface area contributed by atoms with E-state index >= 15 is 0 Å². The normalized spacial score (nSPS) is 16.1. The second kappa shape index (κ2) is 9.12. The lowest BCUT2D eigenvalue weighted by molar-refractivity contribution is -0.128. The first kappa shape index (κ1) is 21.1. The molecule has 1 aromatic carbocycles. The summed E-state index contributed by atoms with van der Waals surface area (Å²) in [5, 5.41) is 3.04. The standard InChI is InChI=1S/C19H24F2N6O/c1-11(28)27-5-4-17(25-3)14(10-27)19(23)26-18-6-13(12(8-22)9-24-2)15(20)7-16(18)21/h6-9,25H,4-5,10,22H2,1-3H3,(H2,23,26). The third kappa shape index (κ3) is 4.54. The van der Waals surface area contributed by atoms with Crippen LogP contribution in [0.2, 0.25) is 0 Å². The Morgan fingerprint density at radius 3 is 2.61 bits per heavy atom. The number of rotatable bonds is 5. The molecule has 0 bridgehead atoms. The average Bonchev–Trinajstić information content (AvgIpc) is 2.67. The number of aliphatic imine (C=N–C) groups is 2. The predicted molar refractivity (Wildman–Crippen MR) is 107 cm³/mol. The molecule has 0 saturated heterocycles. The van der Waals surface area contributed by atoms with Gasteiger partial charge in [0.25, 0.3) is 0 Å². The van der Waals surface area contributed by atoms with Crippen molar-refractivity contribution in [3.8, 4) is 0 Å². The van der Waals surface area contributed by atoms with E-state index in [-0.39, 0.29) is 35.1 Å². The Labute approximate surface area is 162 Å². The van der Waals surface area contributed by atoms with Crippen LogP contribution in [0.4, 0.5) is 14.5 Å². The Morgan fingerprint density at radius 2 is 2.04 bits per heavy atom. The van der Waals surface area contributed by atoms with E-state index in [0.29, 0.717) is 18.5 Å². The van der Waals surface area contributed by atoms with Crippen molar-refractivity contribution >= 4 is 29.2 Å². The van der Waals surface area contributed by atoms with Gasteiger partial charge in [-0.05, 0) is 6.07 Å². The van der Waals surface area contributed by atoms with Gasteiger partial charge in [-0.2, -0.15) is 0 Å². The average molecular weight is 390 g/mol. The molecule has 0 radical (unpaired) electrons. The van der Waals surface area contributed by atoms with Gasteiger partial charge in [-0.25, -0.2) is 13.8 Å². The van der Waals surface area contributed by atoms with Crippen LogP contribution in [0.25, 0.3) is 5.57 Å². The fraction of sp³-hybridized carbons (Fsp3) is 0.316. The monoisotopic (exact) mass is 390 g/mol. The molecule has 150 valence electrons. The number of allylic oxidation sites excluding steroid dienone is 1. The van der Waals surface area contributed by atoms with Crippen molar-refractivity contribution in [3.05, 3.63) is 46.8 Å². The molecule has 0 saturated carbocycles. The van der Waals surface area contributed by atoms with Gasteiger partial charge in [0.1, 0.15) is 17.3 Å². The van der Waals surface area contributed by atoms with Crippen LogP contribution >= 0.6 is 0 Å². The molecular weight excluding hydrogens is 366 g/mol. The molecule has 0 aromatic heterocycles. The first-order valence-electron chi connectivity index (χ1n) is 8.65. The van der Waals surface area contributed by atoms with Crippen LogP contribution in [0.15, 0.2) is 39.6 Å². The molecule has 28 heavy (non-hydrogen) atoms. The number of hydrogen-bond acceptors (Lipinski definition) is 5. The summed E-state index contributed by atoms with van der Waals surface area (Å²) in [6.07, 6.45) is 3.11. The summed E-state index contributed by atoms with van der Waals surface area (Å²) in [6.45, 7) is 2.28. The summed E-state index contributed by atoms with van der Waals surface area (Å²) in [5.41, 5.74) is 13.3. The van der Waals surface area contributed by atoms with Gasteiger partial charge in [0.15, 0.2) is 5.82 Å². The molecule has 1 aliphatic heterocycles. The maximum atomic E-state index is 14.3. The van der Waals surface area contributed by atoms with E-state index in [1.165, 1.54) is 32.5 Å². The van der Waals surface area contributed by atoms with Crippen LogP contribution in [-0.4, -0.2) is 50.0 Å². The molecular formula is C19H24F2N6O. The first-order valence-corrected chi connectivity index (χ1v) is 8.65. The number of benzene rings is 1. The summed E-state index contributed by atoms with van der Waals surface area (Å²) in [7, 11) is 3.25. The molecule has 0 unspecified atom stereocenters. The topological polar surface area (TPSA) is 109 Å². The Kier molecular flexibility index (Phi) is 6.86. The molecule has 1 aromatic rings. The minimum atomic E-state index is -0.861. The predicted octanol–water partition coefficient (Wildman–Crippen LogP) is 1.68. The largest absolute Gasteiger partial charge is 0.404 e. The highest BCUT2D eigenvalue weighted by Gasteiger charge is 2.23. The minimum absolute atomic E-state index is 0.0502. The van der Waals surface area contributed by atoms with E-state index in [0.717, 1.165) is 11.8 Å². The Balaban J connectivity index is 2.51. The van der Waals surface area contributed by atoms with Crippen molar-refractivity contribution in [2.45, 2.75) is 13.3 Å². The first-order chi connectivity index (χ1) is 13.3. The number of nitrogens with zero attached hydrogens (tertiary/aromatic N) is 3. The van der Waals surface area contributed by atoms with E-state index in [4.69, 9.17) is 11.5 Å². The van der Waals surface area contributed by atoms with Gasteiger partial charge in [-0.3, -0.25) is 9.79 Å². The number of carbonyl (C=O) groups excluding carboxylic acids is 1. The summed E-state index contributed by atoms with van der Waals surface area (Å²) in [4.78, 5) is 21.3. The number of halogens is 2. The number of hydrogen-bond donors (Lipinski definition) is 3. The van der Waals surface area contributed by atoms with Crippen molar-refractivity contribution in [1.82, 2.24) is 10.2 Å². The molecule has 0 aliphatic carbocycles. The SMILES string of the molecule is CN=CC(=CN)c1cc(N=C(N)C2=C(NC)CCN(C(C)=O)C2)c(F)cc1F. The van der Waals surface area contributed by atoms with Crippen molar-refractivity contribution in [2.75, 3.05) is 27.2 Å². The van der Waals surface area contributed by atoms with Crippen LogP contribution in [0.5, 0.6) is 0 Å². The van der Waals surface area contributed by atoms with Crippen LogP contribution < -0.4 is 16.8 Å². The van der Waals surface area contributed by atoms with Gasteiger partial charge in [-0.1, -0.05) is 0 Å². The maximum Gasteiger partial charge on any atom is 0.219 e. The lowest BCUT2D eigenvalue weighted by Crippen LogP contribution is -2.40. The van der Waals surface area contributed by atoms with Gasteiger partial charge < -0.3 is 21.7 Å². The third-order valence-electron chi connectivity index (χ3n) is 4.44.